The van der Waals surface area contributed by atoms with E-state index in [0.717, 1.165) is 12.1 Å². The largest absolute Gasteiger partial charge is 0.472 e. The van der Waals surface area contributed by atoms with Crippen LogP contribution in [0.4, 0.5) is 13.2 Å². The Labute approximate surface area is 136 Å². The first kappa shape index (κ1) is 16.2. The number of carbonyl (C=O) groups is 1. The third-order valence-electron chi connectivity index (χ3n) is 3.74. The molecule has 0 saturated carbocycles. The van der Waals surface area contributed by atoms with Gasteiger partial charge in [-0.2, -0.15) is 4.98 Å². The summed E-state index contributed by atoms with van der Waals surface area (Å²) in [6, 6.07) is 3.28. The Bertz CT molecular complexity index is 785. The van der Waals surface area contributed by atoms with Gasteiger partial charge in [0.15, 0.2) is 17.5 Å². The first-order valence-corrected chi connectivity index (χ1v) is 7.35. The Morgan fingerprint density at radius 2 is 2.04 bits per heavy atom. The lowest BCUT2D eigenvalue weighted by molar-refractivity contribution is 0.0765. The van der Waals surface area contributed by atoms with Crippen molar-refractivity contribution in [2.24, 2.45) is 0 Å². The van der Waals surface area contributed by atoms with E-state index >= 15 is 0 Å². The molecule has 0 radical (unpaired) electrons. The number of benzene rings is 1. The molecule has 126 valence electrons. The van der Waals surface area contributed by atoms with Crippen LogP contribution in [0, 0.1) is 24.4 Å². The lowest BCUT2D eigenvalue weighted by atomic mass is 10.1. The zero-order chi connectivity index (χ0) is 17.3. The Balaban J connectivity index is 1.69. The molecule has 1 aromatic heterocycles. The number of halogens is 3. The molecule has 0 unspecified atom stereocenters. The molecule has 2 aromatic rings. The number of aryl methyl sites for hydroxylation is 1. The molecule has 1 aromatic carbocycles. The van der Waals surface area contributed by atoms with Gasteiger partial charge in [0.2, 0.25) is 5.88 Å². The highest BCUT2D eigenvalue weighted by atomic mass is 19.2. The van der Waals surface area contributed by atoms with Crippen LogP contribution in [0.3, 0.4) is 0 Å². The third-order valence-corrected chi connectivity index (χ3v) is 3.74. The van der Waals surface area contributed by atoms with Gasteiger partial charge in [-0.3, -0.25) is 4.79 Å². The summed E-state index contributed by atoms with van der Waals surface area (Å²) in [5, 5.41) is 0. The standard InChI is InChI=1S/C16H14F3N3O2/c1-9-20-6-4-13(21-9)24-10-5-7-22(8-10)16(23)11-2-3-12(17)15(19)14(11)18/h2-4,6,10H,5,7-8H2,1H3/t10-/m1/s1. The number of hydrogen-bond acceptors (Lipinski definition) is 4. The topological polar surface area (TPSA) is 55.3 Å². The van der Waals surface area contributed by atoms with Gasteiger partial charge in [0.05, 0.1) is 12.1 Å². The molecule has 1 aliphatic heterocycles. The van der Waals surface area contributed by atoms with E-state index in [2.05, 4.69) is 9.97 Å². The molecule has 2 heterocycles. The van der Waals surface area contributed by atoms with Crippen LogP contribution in [-0.4, -0.2) is 40.0 Å². The molecule has 5 nitrogen and oxygen atoms in total. The molecule has 8 heteroatoms. The number of nitrogens with zero attached hydrogens (tertiary/aromatic N) is 3. The van der Waals surface area contributed by atoms with E-state index in [1.165, 1.54) is 4.90 Å². The SMILES string of the molecule is Cc1nccc(O[C@@H]2CCN(C(=O)c3ccc(F)c(F)c3F)C2)n1. The zero-order valence-electron chi connectivity index (χ0n) is 12.8. The van der Waals surface area contributed by atoms with Crippen LogP contribution in [0.2, 0.25) is 0 Å². The summed E-state index contributed by atoms with van der Waals surface area (Å²) in [6.45, 7) is 2.26. The fourth-order valence-electron chi connectivity index (χ4n) is 2.54. The van der Waals surface area contributed by atoms with E-state index in [4.69, 9.17) is 4.74 Å². The maximum absolute atomic E-state index is 13.7. The van der Waals surface area contributed by atoms with Crippen molar-refractivity contribution in [1.82, 2.24) is 14.9 Å². The molecule has 3 rings (SSSR count). The fourth-order valence-corrected chi connectivity index (χ4v) is 2.54. The number of rotatable bonds is 3. The van der Waals surface area contributed by atoms with Crippen LogP contribution in [-0.2, 0) is 0 Å². The van der Waals surface area contributed by atoms with E-state index in [0.29, 0.717) is 24.7 Å². The van der Waals surface area contributed by atoms with Crippen LogP contribution in [0.1, 0.15) is 22.6 Å². The summed E-state index contributed by atoms with van der Waals surface area (Å²) in [5.74, 6) is -4.20. The normalized spacial score (nSPS) is 17.2. The van der Waals surface area contributed by atoms with Gasteiger partial charge in [-0.25, -0.2) is 18.2 Å². The second-order valence-corrected chi connectivity index (χ2v) is 5.44. The van der Waals surface area contributed by atoms with Crippen LogP contribution >= 0.6 is 0 Å². The molecule has 0 bridgehead atoms. The van der Waals surface area contributed by atoms with Crippen LogP contribution in [0.25, 0.3) is 0 Å². The van der Waals surface area contributed by atoms with E-state index in [1.807, 2.05) is 0 Å². The summed E-state index contributed by atoms with van der Waals surface area (Å²) >= 11 is 0. The lowest BCUT2D eigenvalue weighted by Gasteiger charge is -2.17. The Morgan fingerprint density at radius 1 is 1.25 bits per heavy atom. The molecule has 1 amide bonds. The summed E-state index contributed by atoms with van der Waals surface area (Å²) in [6.07, 6.45) is 1.78. The second kappa shape index (κ2) is 6.46. The Morgan fingerprint density at radius 3 is 2.79 bits per heavy atom. The highest BCUT2D eigenvalue weighted by Crippen LogP contribution is 2.21. The van der Waals surface area contributed by atoms with E-state index < -0.39 is 28.9 Å². The maximum Gasteiger partial charge on any atom is 0.257 e. The highest BCUT2D eigenvalue weighted by molar-refractivity contribution is 5.94. The first-order chi connectivity index (χ1) is 11.5. The Hall–Kier alpha value is -2.64. The Kier molecular flexibility index (Phi) is 4.37. The number of carbonyl (C=O) groups excluding carboxylic acids is 1. The number of likely N-dealkylation sites (tertiary alicyclic amines) is 1. The average molecular weight is 337 g/mol. The molecule has 0 aliphatic carbocycles. The van der Waals surface area contributed by atoms with Gasteiger partial charge in [0, 0.05) is 25.2 Å². The highest BCUT2D eigenvalue weighted by Gasteiger charge is 2.31. The minimum Gasteiger partial charge on any atom is -0.472 e. The van der Waals surface area contributed by atoms with Crippen molar-refractivity contribution in [2.75, 3.05) is 13.1 Å². The van der Waals surface area contributed by atoms with Gasteiger partial charge in [0.25, 0.3) is 5.91 Å². The maximum atomic E-state index is 13.7. The first-order valence-electron chi connectivity index (χ1n) is 7.35. The lowest BCUT2D eigenvalue weighted by Crippen LogP contribution is -2.31. The molecule has 0 spiro atoms. The van der Waals surface area contributed by atoms with Gasteiger partial charge < -0.3 is 9.64 Å². The molecule has 1 fully saturated rings. The van der Waals surface area contributed by atoms with Crippen molar-refractivity contribution in [3.63, 3.8) is 0 Å². The monoisotopic (exact) mass is 337 g/mol. The number of amides is 1. The minimum absolute atomic E-state index is 0.209. The molecule has 1 saturated heterocycles. The summed E-state index contributed by atoms with van der Waals surface area (Å²) in [5.41, 5.74) is -0.493. The second-order valence-electron chi connectivity index (χ2n) is 5.44. The van der Waals surface area contributed by atoms with Gasteiger partial charge in [-0.15, -0.1) is 0 Å². The zero-order valence-corrected chi connectivity index (χ0v) is 12.8. The molecule has 1 atom stereocenters. The molecular formula is C16H14F3N3O2. The molecule has 24 heavy (non-hydrogen) atoms. The molecule has 1 aliphatic rings. The van der Waals surface area contributed by atoms with Gasteiger partial charge in [0.1, 0.15) is 11.9 Å². The number of hydrogen-bond donors (Lipinski definition) is 0. The van der Waals surface area contributed by atoms with E-state index in [9.17, 15) is 18.0 Å². The van der Waals surface area contributed by atoms with E-state index in [1.54, 1.807) is 19.2 Å². The van der Waals surface area contributed by atoms with Gasteiger partial charge >= 0.3 is 0 Å². The van der Waals surface area contributed by atoms with Crippen molar-refractivity contribution in [3.8, 4) is 5.88 Å². The molecular weight excluding hydrogens is 323 g/mol. The summed E-state index contributed by atoms with van der Waals surface area (Å²) in [7, 11) is 0. The van der Waals surface area contributed by atoms with Crippen molar-refractivity contribution >= 4 is 5.91 Å². The van der Waals surface area contributed by atoms with Crippen LogP contribution in [0.5, 0.6) is 5.88 Å². The van der Waals surface area contributed by atoms with E-state index in [-0.39, 0.29) is 12.6 Å². The molecule has 0 N–H and O–H groups in total. The van der Waals surface area contributed by atoms with Crippen molar-refractivity contribution in [1.29, 1.82) is 0 Å². The van der Waals surface area contributed by atoms with Gasteiger partial charge in [-0.1, -0.05) is 0 Å². The minimum atomic E-state index is -1.65. The third kappa shape index (κ3) is 3.17. The summed E-state index contributed by atoms with van der Waals surface area (Å²) in [4.78, 5) is 21.7. The smallest absolute Gasteiger partial charge is 0.257 e. The summed E-state index contributed by atoms with van der Waals surface area (Å²) < 4.78 is 45.7. The van der Waals surface area contributed by atoms with Crippen molar-refractivity contribution in [3.05, 3.63) is 53.2 Å². The van der Waals surface area contributed by atoms with Gasteiger partial charge in [-0.05, 0) is 19.1 Å². The fraction of sp³-hybridized carbons (Fsp3) is 0.312. The van der Waals surface area contributed by atoms with Crippen molar-refractivity contribution in [2.45, 2.75) is 19.4 Å². The number of ether oxygens (including phenoxy) is 1. The van der Waals surface area contributed by atoms with Crippen LogP contribution < -0.4 is 4.74 Å². The predicted molar refractivity (Wildman–Crippen MR) is 78.0 cm³/mol. The number of aromatic nitrogens is 2. The average Bonchev–Trinajstić information content (AvgIpc) is 3.01. The van der Waals surface area contributed by atoms with Crippen molar-refractivity contribution < 1.29 is 22.7 Å². The quantitative estimate of drug-likeness (QED) is 0.808. The predicted octanol–water partition coefficient (Wildman–Crippen LogP) is 2.50. The van der Waals surface area contributed by atoms with Crippen LogP contribution in [0.15, 0.2) is 24.4 Å².